The highest BCUT2D eigenvalue weighted by Crippen LogP contribution is 2.34. The van der Waals surface area contributed by atoms with E-state index >= 15 is 0 Å². The Bertz CT molecular complexity index is 644. The van der Waals surface area contributed by atoms with Crippen LogP contribution in [0.1, 0.15) is 11.5 Å². The normalized spacial score (nSPS) is 12.0. The van der Waals surface area contributed by atoms with Crippen molar-refractivity contribution in [2.75, 3.05) is 6.61 Å². The van der Waals surface area contributed by atoms with Gasteiger partial charge in [-0.15, -0.1) is 0 Å². The standard InChI is InChI=1S/C15H11Cl3O3/c16-11-6-13(18)14(7-12(11)17)21-8-10(15(19)20)9-4-2-1-3-5-9/h1-7,10H,8H2,(H,19,20). The molecule has 1 unspecified atom stereocenters. The van der Waals surface area contributed by atoms with Crippen LogP contribution in [-0.2, 0) is 4.79 Å². The lowest BCUT2D eigenvalue weighted by Gasteiger charge is -2.15. The van der Waals surface area contributed by atoms with Gasteiger partial charge in [0.05, 0.1) is 15.1 Å². The van der Waals surface area contributed by atoms with Gasteiger partial charge < -0.3 is 9.84 Å². The van der Waals surface area contributed by atoms with Crippen LogP contribution in [-0.4, -0.2) is 17.7 Å². The molecule has 6 heteroatoms. The highest BCUT2D eigenvalue weighted by molar-refractivity contribution is 6.43. The number of aliphatic carboxylic acids is 1. The van der Waals surface area contributed by atoms with E-state index in [9.17, 15) is 9.90 Å². The van der Waals surface area contributed by atoms with Crippen LogP contribution in [0.2, 0.25) is 15.1 Å². The molecule has 0 aliphatic heterocycles. The maximum atomic E-state index is 11.4. The number of carbonyl (C=O) groups is 1. The molecule has 0 aromatic heterocycles. The summed E-state index contributed by atoms with van der Waals surface area (Å²) in [4.78, 5) is 11.4. The summed E-state index contributed by atoms with van der Waals surface area (Å²) in [6.45, 7) is -0.0585. The quantitative estimate of drug-likeness (QED) is 0.784. The molecule has 2 aromatic rings. The molecule has 2 rings (SSSR count). The number of ether oxygens (including phenoxy) is 1. The highest BCUT2D eigenvalue weighted by Gasteiger charge is 2.21. The van der Waals surface area contributed by atoms with Gasteiger partial charge in [0.1, 0.15) is 18.3 Å². The van der Waals surface area contributed by atoms with Gasteiger partial charge in [0.2, 0.25) is 0 Å². The topological polar surface area (TPSA) is 46.5 Å². The molecule has 0 saturated heterocycles. The van der Waals surface area contributed by atoms with Crippen LogP contribution in [0.25, 0.3) is 0 Å². The Balaban J connectivity index is 2.17. The zero-order valence-corrected chi connectivity index (χ0v) is 13.0. The summed E-state index contributed by atoms with van der Waals surface area (Å²) in [5.74, 6) is -1.47. The van der Waals surface area contributed by atoms with Gasteiger partial charge in [0, 0.05) is 6.07 Å². The van der Waals surface area contributed by atoms with Gasteiger partial charge in [-0.2, -0.15) is 0 Å². The first kappa shape index (κ1) is 16.0. The van der Waals surface area contributed by atoms with Gasteiger partial charge in [0.25, 0.3) is 0 Å². The Labute approximate surface area is 137 Å². The third kappa shape index (κ3) is 4.03. The second kappa shape index (κ2) is 7.03. The van der Waals surface area contributed by atoms with Crippen LogP contribution >= 0.6 is 34.8 Å². The summed E-state index contributed by atoms with van der Waals surface area (Å²) in [7, 11) is 0. The molecule has 0 saturated carbocycles. The highest BCUT2D eigenvalue weighted by atomic mass is 35.5. The van der Waals surface area contributed by atoms with E-state index in [1.807, 2.05) is 6.07 Å². The summed E-state index contributed by atoms with van der Waals surface area (Å²) in [5.41, 5.74) is 0.654. The maximum Gasteiger partial charge on any atom is 0.314 e. The van der Waals surface area contributed by atoms with Crippen molar-refractivity contribution in [3.05, 3.63) is 63.1 Å². The van der Waals surface area contributed by atoms with E-state index in [1.54, 1.807) is 24.3 Å². The zero-order valence-electron chi connectivity index (χ0n) is 10.7. The molecular weight excluding hydrogens is 335 g/mol. The summed E-state index contributed by atoms with van der Waals surface area (Å²) < 4.78 is 5.49. The minimum absolute atomic E-state index is 0.0585. The van der Waals surface area contributed by atoms with Crippen molar-refractivity contribution in [2.24, 2.45) is 0 Å². The number of halogens is 3. The molecule has 1 atom stereocenters. The lowest BCUT2D eigenvalue weighted by molar-refractivity contribution is -0.139. The van der Waals surface area contributed by atoms with Crippen molar-refractivity contribution >= 4 is 40.8 Å². The number of rotatable bonds is 5. The summed E-state index contributed by atoms with van der Waals surface area (Å²) >= 11 is 17.7. The third-order valence-electron chi connectivity index (χ3n) is 2.88. The Morgan fingerprint density at radius 1 is 1.05 bits per heavy atom. The van der Waals surface area contributed by atoms with Crippen molar-refractivity contribution in [3.8, 4) is 5.75 Å². The fourth-order valence-corrected chi connectivity index (χ4v) is 2.37. The minimum atomic E-state index is -0.975. The van der Waals surface area contributed by atoms with E-state index in [0.717, 1.165) is 0 Å². The van der Waals surface area contributed by atoms with E-state index < -0.39 is 11.9 Å². The van der Waals surface area contributed by atoms with E-state index in [1.165, 1.54) is 12.1 Å². The lowest BCUT2D eigenvalue weighted by Crippen LogP contribution is -2.19. The molecule has 3 nitrogen and oxygen atoms in total. The molecule has 0 aliphatic rings. The molecule has 0 amide bonds. The van der Waals surface area contributed by atoms with Gasteiger partial charge in [-0.3, -0.25) is 4.79 Å². The summed E-state index contributed by atoms with van der Waals surface area (Å²) in [5, 5.41) is 10.2. The van der Waals surface area contributed by atoms with Crippen molar-refractivity contribution in [3.63, 3.8) is 0 Å². The number of benzene rings is 2. The first-order valence-electron chi connectivity index (χ1n) is 6.04. The SMILES string of the molecule is O=C(O)C(COc1cc(Cl)c(Cl)cc1Cl)c1ccccc1. The largest absolute Gasteiger partial charge is 0.491 e. The van der Waals surface area contributed by atoms with Crippen LogP contribution in [0.5, 0.6) is 5.75 Å². The minimum Gasteiger partial charge on any atom is -0.491 e. The number of carboxylic acids is 1. The molecule has 110 valence electrons. The van der Waals surface area contributed by atoms with Gasteiger partial charge in [-0.1, -0.05) is 65.1 Å². The van der Waals surface area contributed by atoms with Crippen molar-refractivity contribution in [1.82, 2.24) is 0 Å². The smallest absolute Gasteiger partial charge is 0.314 e. The number of hydrogen-bond acceptors (Lipinski definition) is 2. The van der Waals surface area contributed by atoms with Gasteiger partial charge in [-0.05, 0) is 11.6 Å². The lowest BCUT2D eigenvalue weighted by atomic mass is 10.0. The average molecular weight is 346 g/mol. The van der Waals surface area contributed by atoms with Gasteiger partial charge in [0.15, 0.2) is 0 Å². The molecule has 0 heterocycles. The number of hydrogen-bond donors (Lipinski definition) is 1. The molecule has 1 N–H and O–H groups in total. The van der Waals surface area contributed by atoms with Crippen molar-refractivity contribution in [2.45, 2.75) is 5.92 Å². The first-order chi connectivity index (χ1) is 9.99. The van der Waals surface area contributed by atoms with Crippen LogP contribution in [0.3, 0.4) is 0 Å². The van der Waals surface area contributed by atoms with Gasteiger partial charge >= 0.3 is 5.97 Å². The molecule has 2 aromatic carbocycles. The fraction of sp³-hybridized carbons (Fsp3) is 0.133. The molecular formula is C15H11Cl3O3. The molecule has 0 radical (unpaired) electrons. The van der Waals surface area contributed by atoms with Crippen molar-refractivity contribution < 1.29 is 14.6 Å². The predicted molar refractivity (Wildman–Crippen MR) is 83.8 cm³/mol. The zero-order chi connectivity index (χ0) is 15.4. The summed E-state index contributed by atoms with van der Waals surface area (Å²) in [6.07, 6.45) is 0. The molecule has 0 aliphatic carbocycles. The van der Waals surface area contributed by atoms with Gasteiger partial charge in [-0.25, -0.2) is 0 Å². The first-order valence-corrected chi connectivity index (χ1v) is 7.17. The molecule has 21 heavy (non-hydrogen) atoms. The Morgan fingerprint density at radius 2 is 1.67 bits per heavy atom. The third-order valence-corrected chi connectivity index (χ3v) is 3.90. The maximum absolute atomic E-state index is 11.4. The predicted octanol–water partition coefficient (Wildman–Crippen LogP) is 4.89. The van der Waals surface area contributed by atoms with E-state index in [-0.39, 0.29) is 11.6 Å². The van der Waals surface area contributed by atoms with Crippen molar-refractivity contribution in [1.29, 1.82) is 0 Å². The van der Waals surface area contributed by atoms with Crippen LogP contribution in [0.4, 0.5) is 0 Å². The average Bonchev–Trinajstić information content (AvgIpc) is 2.45. The second-order valence-electron chi connectivity index (χ2n) is 4.31. The van der Waals surface area contributed by atoms with E-state index in [0.29, 0.717) is 21.4 Å². The van der Waals surface area contributed by atoms with Crippen LogP contribution in [0, 0.1) is 0 Å². The second-order valence-corrected chi connectivity index (χ2v) is 5.53. The molecule has 0 fully saturated rings. The summed E-state index contributed by atoms with van der Waals surface area (Å²) in [6, 6.07) is 11.8. The monoisotopic (exact) mass is 344 g/mol. The molecule has 0 spiro atoms. The molecule has 0 bridgehead atoms. The van der Waals surface area contributed by atoms with E-state index in [4.69, 9.17) is 39.5 Å². The number of carboxylic acid groups (broad SMARTS) is 1. The Hall–Kier alpha value is -1.42. The van der Waals surface area contributed by atoms with Crippen LogP contribution in [0.15, 0.2) is 42.5 Å². The Kier molecular flexibility index (Phi) is 5.34. The van der Waals surface area contributed by atoms with Crippen LogP contribution < -0.4 is 4.74 Å². The Morgan fingerprint density at radius 3 is 2.29 bits per heavy atom. The van der Waals surface area contributed by atoms with E-state index in [2.05, 4.69) is 0 Å². The fourth-order valence-electron chi connectivity index (χ4n) is 1.78.